The number of nitrogens with one attached hydrogen (secondary N) is 2. The lowest BCUT2D eigenvalue weighted by molar-refractivity contribution is -0.121. The molecule has 3 rings (SSSR count). The van der Waals surface area contributed by atoms with Gasteiger partial charge in [-0.1, -0.05) is 11.6 Å². The Bertz CT molecular complexity index is 955. The highest BCUT2D eigenvalue weighted by Gasteiger charge is 2.12. The first kappa shape index (κ1) is 18.7. The fraction of sp³-hybridized carbons (Fsp3) is 0.125. The van der Waals surface area contributed by atoms with Gasteiger partial charge in [0.2, 0.25) is 5.91 Å². The second-order valence-electron chi connectivity index (χ2n) is 5.33. The average molecular weight is 405 g/mol. The largest absolute Gasteiger partial charge is 0.293 e. The molecule has 138 valence electrons. The molecule has 0 saturated heterocycles. The molecule has 0 aliphatic heterocycles. The van der Waals surface area contributed by atoms with Crippen molar-refractivity contribution in [3.63, 3.8) is 0 Å². The van der Waals surface area contributed by atoms with Crippen LogP contribution < -0.4 is 10.9 Å². The number of halogens is 1. The number of rotatable bonds is 6. The van der Waals surface area contributed by atoms with Gasteiger partial charge in [0.1, 0.15) is 6.33 Å². The van der Waals surface area contributed by atoms with Crippen molar-refractivity contribution in [1.82, 2.24) is 31.1 Å². The van der Waals surface area contributed by atoms with E-state index in [4.69, 9.17) is 11.6 Å². The molecule has 0 saturated carbocycles. The maximum Gasteiger partial charge on any atom is 0.269 e. The molecular formula is C16H13ClN6O3S. The van der Waals surface area contributed by atoms with Crippen LogP contribution in [-0.2, 0) is 4.79 Å². The maximum atomic E-state index is 12.1. The van der Waals surface area contributed by atoms with Crippen molar-refractivity contribution in [2.24, 2.45) is 0 Å². The van der Waals surface area contributed by atoms with E-state index in [-0.39, 0.29) is 18.6 Å². The van der Waals surface area contributed by atoms with Crippen LogP contribution in [0.4, 0.5) is 0 Å². The molecule has 0 bridgehead atoms. The normalized spacial score (nSPS) is 10.4. The van der Waals surface area contributed by atoms with Crippen molar-refractivity contribution in [2.45, 2.75) is 12.8 Å². The van der Waals surface area contributed by atoms with Gasteiger partial charge in [0.05, 0.1) is 14.9 Å². The summed E-state index contributed by atoms with van der Waals surface area (Å²) in [5.41, 5.74) is 5.62. The summed E-state index contributed by atoms with van der Waals surface area (Å²) < 4.78 is 1.96. The van der Waals surface area contributed by atoms with E-state index in [1.807, 2.05) is 0 Å². The van der Waals surface area contributed by atoms with Crippen molar-refractivity contribution in [2.75, 3.05) is 0 Å². The van der Waals surface area contributed by atoms with E-state index in [1.165, 1.54) is 11.0 Å². The molecule has 2 aromatic heterocycles. The summed E-state index contributed by atoms with van der Waals surface area (Å²) >= 11 is 6.94. The summed E-state index contributed by atoms with van der Waals surface area (Å²) in [5.74, 6) is -1.13. The van der Waals surface area contributed by atoms with Crippen LogP contribution in [0.3, 0.4) is 0 Å². The molecule has 0 spiro atoms. The number of hydrogen-bond acceptors (Lipinski definition) is 7. The number of tetrazole rings is 1. The highest BCUT2D eigenvalue weighted by atomic mass is 35.5. The van der Waals surface area contributed by atoms with Gasteiger partial charge in [0.15, 0.2) is 5.78 Å². The van der Waals surface area contributed by atoms with Crippen molar-refractivity contribution in [1.29, 1.82) is 0 Å². The summed E-state index contributed by atoms with van der Waals surface area (Å²) in [6.45, 7) is 0. The quantitative estimate of drug-likeness (QED) is 0.477. The van der Waals surface area contributed by atoms with Gasteiger partial charge in [-0.25, -0.2) is 4.68 Å². The third-order valence-corrected chi connectivity index (χ3v) is 4.76. The summed E-state index contributed by atoms with van der Waals surface area (Å²) in [6.07, 6.45) is 1.41. The number of ketones is 1. The van der Waals surface area contributed by atoms with E-state index in [0.717, 1.165) is 11.3 Å². The number of carbonyl (C=O) groups is 3. The van der Waals surface area contributed by atoms with Gasteiger partial charge in [0.25, 0.3) is 5.91 Å². The van der Waals surface area contributed by atoms with Crippen molar-refractivity contribution in [3.05, 3.63) is 57.5 Å². The highest BCUT2D eigenvalue weighted by molar-refractivity contribution is 7.18. The number of hydrazine groups is 1. The van der Waals surface area contributed by atoms with Crippen LogP contribution in [-0.4, -0.2) is 37.8 Å². The molecule has 1 aromatic carbocycles. The lowest BCUT2D eigenvalue weighted by Crippen LogP contribution is -2.41. The van der Waals surface area contributed by atoms with Crippen LogP contribution in [0.5, 0.6) is 0 Å². The number of nitrogens with zero attached hydrogens (tertiary/aromatic N) is 4. The van der Waals surface area contributed by atoms with Gasteiger partial charge in [-0.05, 0) is 46.8 Å². The number of hydrogen-bond donors (Lipinski definition) is 2. The van der Waals surface area contributed by atoms with E-state index in [0.29, 0.717) is 20.5 Å². The molecule has 0 fully saturated rings. The van der Waals surface area contributed by atoms with E-state index < -0.39 is 11.8 Å². The Balaban J connectivity index is 1.45. The van der Waals surface area contributed by atoms with E-state index in [1.54, 1.807) is 36.4 Å². The molecule has 27 heavy (non-hydrogen) atoms. The molecule has 2 amide bonds. The molecule has 9 nitrogen and oxygen atoms in total. The van der Waals surface area contributed by atoms with Crippen LogP contribution in [0.1, 0.15) is 32.9 Å². The van der Waals surface area contributed by atoms with Crippen LogP contribution >= 0.6 is 22.9 Å². The number of amides is 2. The Morgan fingerprint density at radius 2 is 1.81 bits per heavy atom. The topological polar surface area (TPSA) is 119 Å². The number of benzene rings is 1. The first-order valence-corrected chi connectivity index (χ1v) is 8.93. The number of carbonyl (C=O) groups excluding carboxylic acids is 3. The smallest absolute Gasteiger partial charge is 0.269 e. The van der Waals surface area contributed by atoms with E-state index >= 15 is 0 Å². The summed E-state index contributed by atoms with van der Waals surface area (Å²) in [6, 6.07) is 9.72. The first-order chi connectivity index (χ1) is 13.0. The van der Waals surface area contributed by atoms with Gasteiger partial charge in [-0.3, -0.25) is 25.2 Å². The molecule has 3 aromatic rings. The zero-order chi connectivity index (χ0) is 19.2. The fourth-order valence-corrected chi connectivity index (χ4v) is 3.13. The second-order valence-corrected chi connectivity index (χ2v) is 7.05. The Morgan fingerprint density at radius 3 is 2.44 bits per heavy atom. The molecule has 0 atom stereocenters. The van der Waals surface area contributed by atoms with E-state index in [9.17, 15) is 14.4 Å². The Morgan fingerprint density at radius 1 is 1.04 bits per heavy atom. The molecule has 2 N–H and O–H groups in total. The first-order valence-electron chi connectivity index (χ1n) is 7.74. The highest BCUT2D eigenvalue weighted by Crippen LogP contribution is 2.22. The SMILES string of the molecule is O=C(CCC(=O)c1ccc(Cl)s1)NNC(=O)c1ccc(-n2cnnn2)cc1. The third kappa shape index (κ3) is 4.96. The third-order valence-electron chi connectivity index (χ3n) is 3.49. The maximum absolute atomic E-state index is 12.1. The molecule has 0 aliphatic carbocycles. The molecule has 2 heterocycles. The van der Waals surface area contributed by atoms with Gasteiger partial charge >= 0.3 is 0 Å². The van der Waals surface area contributed by atoms with Crippen molar-refractivity contribution in [3.8, 4) is 5.69 Å². The minimum atomic E-state index is -0.483. The van der Waals surface area contributed by atoms with Crippen molar-refractivity contribution >= 4 is 40.5 Å². The van der Waals surface area contributed by atoms with Gasteiger partial charge in [-0.2, -0.15) is 0 Å². The lowest BCUT2D eigenvalue weighted by atomic mass is 10.2. The van der Waals surface area contributed by atoms with Gasteiger partial charge in [0, 0.05) is 18.4 Å². The van der Waals surface area contributed by atoms with E-state index in [2.05, 4.69) is 26.4 Å². The molecule has 0 unspecified atom stereocenters. The number of Topliss-reactive ketones (excluding diaryl/α,β-unsaturated/α-hetero) is 1. The van der Waals surface area contributed by atoms with Gasteiger partial charge in [-0.15, -0.1) is 16.4 Å². The second kappa shape index (κ2) is 8.52. The molecular weight excluding hydrogens is 392 g/mol. The lowest BCUT2D eigenvalue weighted by Gasteiger charge is -2.07. The summed E-state index contributed by atoms with van der Waals surface area (Å²) in [5, 5.41) is 10.8. The number of thiophene rings is 1. The monoisotopic (exact) mass is 404 g/mol. The van der Waals surface area contributed by atoms with Gasteiger partial charge < -0.3 is 0 Å². The minimum absolute atomic E-state index is 0.0270. The zero-order valence-corrected chi connectivity index (χ0v) is 15.3. The molecule has 11 heteroatoms. The summed E-state index contributed by atoms with van der Waals surface area (Å²) in [7, 11) is 0. The zero-order valence-electron chi connectivity index (χ0n) is 13.8. The van der Waals surface area contributed by atoms with Crippen molar-refractivity contribution < 1.29 is 14.4 Å². The number of aromatic nitrogens is 4. The molecule has 0 aliphatic rings. The predicted molar refractivity (Wildman–Crippen MR) is 97.7 cm³/mol. The Labute approximate surface area is 162 Å². The minimum Gasteiger partial charge on any atom is -0.293 e. The van der Waals surface area contributed by atoms with Crippen LogP contribution in [0.2, 0.25) is 4.34 Å². The summed E-state index contributed by atoms with van der Waals surface area (Å²) in [4.78, 5) is 36.3. The standard InChI is InChI=1S/C16H13ClN6O3S/c17-14-7-6-13(27-14)12(24)5-8-15(25)19-20-16(26)10-1-3-11(4-2-10)23-9-18-21-22-23/h1-4,6-7,9H,5,8H2,(H,19,25)(H,20,26). The van der Waals surface area contributed by atoms with Crippen LogP contribution in [0.25, 0.3) is 5.69 Å². The molecule has 0 radical (unpaired) electrons. The van der Waals surface area contributed by atoms with Crippen LogP contribution in [0.15, 0.2) is 42.7 Å². The predicted octanol–water partition coefficient (Wildman–Crippen LogP) is 1.80. The average Bonchev–Trinajstić information content (AvgIpc) is 3.36. The Hall–Kier alpha value is -3.11. The Kier molecular flexibility index (Phi) is 5.89. The van der Waals surface area contributed by atoms with Crippen LogP contribution in [0, 0.1) is 0 Å². The fourth-order valence-electron chi connectivity index (χ4n) is 2.12.